The van der Waals surface area contributed by atoms with Crippen molar-refractivity contribution in [2.45, 2.75) is 19.4 Å². The summed E-state index contributed by atoms with van der Waals surface area (Å²) in [6.45, 7) is 1.97. The summed E-state index contributed by atoms with van der Waals surface area (Å²) >= 11 is 3.31. The zero-order chi connectivity index (χ0) is 13.8. The van der Waals surface area contributed by atoms with Crippen molar-refractivity contribution in [2.75, 3.05) is 17.3 Å². The third kappa shape index (κ3) is 4.34. The maximum atomic E-state index is 11.9. The molecule has 7 heteroatoms. The van der Waals surface area contributed by atoms with Crippen molar-refractivity contribution >= 4 is 57.3 Å². The molecule has 4 nitrogen and oxygen atoms in total. The summed E-state index contributed by atoms with van der Waals surface area (Å²) < 4.78 is 1.08. The van der Waals surface area contributed by atoms with Gasteiger partial charge in [0.25, 0.3) is 0 Å². The van der Waals surface area contributed by atoms with Crippen molar-refractivity contribution in [3.8, 4) is 0 Å². The maximum absolute atomic E-state index is 11.9. The van der Waals surface area contributed by atoms with Gasteiger partial charge in [-0.25, -0.2) is 4.98 Å². The number of carbonyl (C=O) groups is 1. The van der Waals surface area contributed by atoms with E-state index in [1.165, 1.54) is 0 Å². The minimum absolute atomic E-state index is 0. The van der Waals surface area contributed by atoms with Gasteiger partial charge in [-0.1, -0.05) is 0 Å². The number of fused-ring (bicyclic) bond motifs is 1. The highest BCUT2D eigenvalue weighted by atomic mass is 35.5. The number of nitrogens with two attached hydrogens (primary N) is 1. The fraction of sp³-hybridized carbons (Fsp3) is 0.385. The number of thioether (sulfide) groups is 1. The van der Waals surface area contributed by atoms with E-state index < -0.39 is 6.04 Å². The molecule has 0 bridgehead atoms. The average molecular weight is 332 g/mol. The van der Waals surface area contributed by atoms with Crippen molar-refractivity contribution in [3.05, 3.63) is 23.2 Å². The van der Waals surface area contributed by atoms with Crippen LogP contribution in [-0.4, -0.2) is 28.9 Å². The number of thiazole rings is 1. The van der Waals surface area contributed by atoms with Gasteiger partial charge in [-0.2, -0.15) is 11.8 Å². The van der Waals surface area contributed by atoms with Gasteiger partial charge in [0.1, 0.15) is 0 Å². The molecule has 0 aliphatic rings. The molecule has 0 saturated heterocycles. The van der Waals surface area contributed by atoms with Gasteiger partial charge in [-0.15, -0.1) is 23.7 Å². The van der Waals surface area contributed by atoms with Gasteiger partial charge in [0.2, 0.25) is 5.91 Å². The number of aromatic nitrogens is 1. The highest BCUT2D eigenvalue weighted by Crippen LogP contribution is 2.24. The van der Waals surface area contributed by atoms with E-state index in [0.717, 1.165) is 26.7 Å². The molecule has 1 aromatic heterocycles. The van der Waals surface area contributed by atoms with Gasteiger partial charge >= 0.3 is 0 Å². The van der Waals surface area contributed by atoms with Crippen LogP contribution in [0, 0.1) is 6.92 Å². The molecule has 0 spiro atoms. The molecule has 0 unspecified atom stereocenters. The Morgan fingerprint density at radius 1 is 1.55 bits per heavy atom. The average Bonchev–Trinajstić information content (AvgIpc) is 2.75. The van der Waals surface area contributed by atoms with E-state index in [0.29, 0.717) is 6.42 Å². The summed E-state index contributed by atoms with van der Waals surface area (Å²) in [6, 6.07) is 5.27. The monoisotopic (exact) mass is 331 g/mol. The third-order valence-corrected chi connectivity index (χ3v) is 4.31. The first kappa shape index (κ1) is 17.2. The molecular weight excluding hydrogens is 314 g/mol. The first-order chi connectivity index (χ1) is 9.10. The Labute approximate surface area is 132 Å². The SMILES string of the molecule is CSCC[C@H](N)C(=O)Nc1ccc2nc(C)sc2c1.Cl. The second kappa shape index (κ2) is 7.83. The van der Waals surface area contributed by atoms with Crippen LogP contribution in [0.3, 0.4) is 0 Å². The Hall–Kier alpha value is -0.820. The van der Waals surface area contributed by atoms with Crippen LogP contribution < -0.4 is 11.1 Å². The number of rotatable bonds is 5. The molecule has 0 saturated carbocycles. The molecule has 20 heavy (non-hydrogen) atoms. The molecule has 110 valence electrons. The summed E-state index contributed by atoms with van der Waals surface area (Å²) in [7, 11) is 0. The largest absolute Gasteiger partial charge is 0.325 e. The number of carbonyl (C=O) groups excluding carboxylic acids is 1. The Bertz CT molecular complexity index is 588. The molecule has 2 rings (SSSR count). The summed E-state index contributed by atoms with van der Waals surface area (Å²) in [6.07, 6.45) is 2.69. The van der Waals surface area contributed by atoms with Crippen LogP contribution in [0.25, 0.3) is 10.2 Å². The van der Waals surface area contributed by atoms with Gasteiger partial charge in [0.05, 0.1) is 21.3 Å². The van der Waals surface area contributed by atoms with Crippen molar-refractivity contribution in [2.24, 2.45) is 5.73 Å². The van der Waals surface area contributed by atoms with E-state index in [2.05, 4.69) is 10.3 Å². The maximum Gasteiger partial charge on any atom is 0.241 e. The van der Waals surface area contributed by atoms with Crippen LogP contribution in [0.4, 0.5) is 5.69 Å². The van der Waals surface area contributed by atoms with Crippen molar-refractivity contribution < 1.29 is 4.79 Å². The first-order valence-corrected chi connectivity index (χ1v) is 8.24. The van der Waals surface area contributed by atoms with E-state index in [4.69, 9.17) is 5.73 Å². The van der Waals surface area contributed by atoms with E-state index in [1.54, 1.807) is 23.1 Å². The summed E-state index contributed by atoms with van der Waals surface area (Å²) in [5.41, 5.74) is 7.58. The molecule has 3 N–H and O–H groups in total. The van der Waals surface area contributed by atoms with Crippen LogP contribution in [0.15, 0.2) is 18.2 Å². The molecule has 2 aromatic rings. The quantitative estimate of drug-likeness (QED) is 0.883. The highest BCUT2D eigenvalue weighted by Gasteiger charge is 2.13. The minimum Gasteiger partial charge on any atom is -0.325 e. The summed E-state index contributed by atoms with van der Waals surface area (Å²) in [5.74, 6) is 0.761. The molecule has 1 heterocycles. The van der Waals surface area contributed by atoms with Crippen LogP contribution in [0.5, 0.6) is 0 Å². The lowest BCUT2D eigenvalue weighted by Gasteiger charge is -2.11. The number of nitrogens with zero attached hydrogens (tertiary/aromatic N) is 1. The normalized spacial score (nSPS) is 11.9. The van der Waals surface area contributed by atoms with E-state index in [-0.39, 0.29) is 18.3 Å². The number of amides is 1. The van der Waals surface area contributed by atoms with Crippen molar-refractivity contribution in [1.82, 2.24) is 4.98 Å². The number of nitrogens with one attached hydrogen (secondary N) is 1. The van der Waals surface area contributed by atoms with Gasteiger partial charge in [-0.3, -0.25) is 4.79 Å². The molecule has 1 amide bonds. The van der Waals surface area contributed by atoms with E-state index in [1.807, 2.05) is 31.4 Å². The van der Waals surface area contributed by atoms with E-state index in [9.17, 15) is 4.79 Å². The summed E-state index contributed by atoms with van der Waals surface area (Å²) in [4.78, 5) is 16.3. The summed E-state index contributed by atoms with van der Waals surface area (Å²) in [5, 5.41) is 3.88. The first-order valence-electron chi connectivity index (χ1n) is 6.02. The smallest absolute Gasteiger partial charge is 0.241 e. The predicted molar refractivity (Wildman–Crippen MR) is 91.2 cm³/mol. The Morgan fingerprint density at radius 3 is 3.00 bits per heavy atom. The lowest BCUT2D eigenvalue weighted by molar-refractivity contribution is -0.117. The van der Waals surface area contributed by atoms with Gasteiger partial charge in [-0.05, 0) is 43.6 Å². The molecule has 1 atom stereocenters. The Kier molecular flexibility index (Phi) is 6.75. The molecule has 0 fully saturated rings. The number of hydrogen-bond donors (Lipinski definition) is 2. The van der Waals surface area contributed by atoms with Crippen LogP contribution in [-0.2, 0) is 4.79 Å². The molecule has 0 aliphatic carbocycles. The van der Waals surface area contributed by atoms with Crippen molar-refractivity contribution in [1.29, 1.82) is 0 Å². The fourth-order valence-corrected chi connectivity index (χ4v) is 3.08. The van der Waals surface area contributed by atoms with E-state index >= 15 is 0 Å². The van der Waals surface area contributed by atoms with Crippen LogP contribution >= 0.6 is 35.5 Å². The number of halogens is 1. The number of anilines is 1. The third-order valence-electron chi connectivity index (χ3n) is 2.73. The highest BCUT2D eigenvalue weighted by molar-refractivity contribution is 7.98. The van der Waals surface area contributed by atoms with Gasteiger partial charge in [0.15, 0.2) is 0 Å². The predicted octanol–water partition coefficient (Wildman–Crippen LogP) is 3.05. The fourth-order valence-electron chi connectivity index (χ4n) is 1.73. The molecular formula is C13H18ClN3OS2. The Morgan fingerprint density at radius 2 is 2.30 bits per heavy atom. The topological polar surface area (TPSA) is 68.0 Å². The number of benzene rings is 1. The standard InChI is InChI=1S/C13H17N3OS2.ClH/c1-8-15-11-4-3-9(7-12(11)19-8)16-13(17)10(14)5-6-18-2;/h3-4,7,10H,5-6,14H2,1-2H3,(H,16,17);1H/t10-;/m0./s1. The Balaban J connectivity index is 0.00000200. The molecule has 1 aromatic carbocycles. The molecule has 0 aliphatic heterocycles. The van der Waals surface area contributed by atoms with Crippen LogP contribution in [0.1, 0.15) is 11.4 Å². The lowest BCUT2D eigenvalue weighted by atomic mass is 10.2. The second-order valence-corrected chi connectivity index (χ2v) is 6.51. The van der Waals surface area contributed by atoms with Crippen LogP contribution in [0.2, 0.25) is 0 Å². The van der Waals surface area contributed by atoms with Crippen molar-refractivity contribution in [3.63, 3.8) is 0 Å². The number of hydrogen-bond acceptors (Lipinski definition) is 5. The lowest BCUT2D eigenvalue weighted by Crippen LogP contribution is -2.36. The zero-order valence-corrected chi connectivity index (χ0v) is 13.8. The second-order valence-electron chi connectivity index (χ2n) is 4.29. The zero-order valence-electron chi connectivity index (χ0n) is 11.4. The minimum atomic E-state index is -0.452. The molecule has 0 radical (unpaired) electrons. The number of aryl methyl sites for hydroxylation is 1. The van der Waals surface area contributed by atoms with Gasteiger partial charge in [0, 0.05) is 5.69 Å². The van der Waals surface area contributed by atoms with Gasteiger partial charge < -0.3 is 11.1 Å².